The van der Waals surface area contributed by atoms with Gasteiger partial charge in [0.25, 0.3) is 5.91 Å². The molecule has 2 aromatic rings. The number of nitrogens with zero attached hydrogens (tertiary/aromatic N) is 3. The molecule has 1 atom stereocenters. The molecule has 7 heteroatoms. The highest BCUT2D eigenvalue weighted by atomic mass is 35.5. The van der Waals surface area contributed by atoms with Crippen LogP contribution in [0.25, 0.3) is 0 Å². The fourth-order valence-corrected chi connectivity index (χ4v) is 3.14. The molecule has 128 valence electrons. The van der Waals surface area contributed by atoms with E-state index in [1.807, 2.05) is 30.9 Å². The van der Waals surface area contributed by atoms with Gasteiger partial charge in [0.2, 0.25) is 0 Å². The molecule has 1 saturated heterocycles. The van der Waals surface area contributed by atoms with Gasteiger partial charge in [0.15, 0.2) is 12.4 Å². The van der Waals surface area contributed by atoms with Crippen LogP contribution in [-0.4, -0.2) is 39.1 Å². The van der Waals surface area contributed by atoms with Gasteiger partial charge in [-0.3, -0.25) is 9.89 Å². The van der Waals surface area contributed by atoms with Crippen LogP contribution in [0, 0.1) is 13.8 Å². The van der Waals surface area contributed by atoms with E-state index in [0.29, 0.717) is 23.1 Å². The molecule has 0 saturated carbocycles. The molecule has 2 heterocycles. The number of likely N-dealkylation sites (tertiary alicyclic amines) is 1. The van der Waals surface area contributed by atoms with Crippen LogP contribution in [0.15, 0.2) is 18.2 Å². The second-order valence-electron chi connectivity index (χ2n) is 6.03. The molecule has 1 fully saturated rings. The van der Waals surface area contributed by atoms with Gasteiger partial charge in [0, 0.05) is 17.1 Å². The van der Waals surface area contributed by atoms with Crippen molar-refractivity contribution in [2.75, 3.05) is 13.2 Å². The number of hydrogen-bond acceptors (Lipinski definition) is 4. The minimum atomic E-state index is -0.0831. The zero-order chi connectivity index (χ0) is 17.1. The van der Waals surface area contributed by atoms with Crippen LogP contribution in [0.3, 0.4) is 0 Å². The fraction of sp³-hybridized carbons (Fsp3) is 0.471. The zero-order valence-electron chi connectivity index (χ0n) is 13.9. The maximum Gasteiger partial charge on any atom is 0.261 e. The summed E-state index contributed by atoms with van der Waals surface area (Å²) in [5.41, 5.74) is 0.840. The van der Waals surface area contributed by atoms with Crippen molar-refractivity contribution in [3.63, 3.8) is 0 Å². The molecule has 1 aliphatic heterocycles. The second-order valence-corrected chi connectivity index (χ2v) is 6.44. The number of aromatic amines is 1. The highest BCUT2D eigenvalue weighted by Gasteiger charge is 2.30. The van der Waals surface area contributed by atoms with Crippen molar-refractivity contribution in [3.05, 3.63) is 40.4 Å². The van der Waals surface area contributed by atoms with Gasteiger partial charge in [-0.25, -0.2) is 4.98 Å². The molecule has 0 spiro atoms. The summed E-state index contributed by atoms with van der Waals surface area (Å²) in [6.07, 6.45) is 2.93. The highest BCUT2D eigenvalue weighted by Crippen LogP contribution is 2.29. The van der Waals surface area contributed by atoms with Crippen molar-refractivity contribution in [2.45, 2.75) is 39.2 Å². The lowest BCUT2D eigenvalue weighted by Crippen LogP contribution is -2.41. The number of piperidine rings is 1. The summed E-state index contributed by atoms with van der Waals surface area (Å²) in [6, 6.07) is 5.36. The molecule has 6 nitrogen and oxygen atoms in total. The third-order valence-corrected chi connectivity index (χ3v) is 4.71. The average Bonchev–Trinajstić information content (AvgIpc) is 3.02. The van der Waals surface area contributed by atoms with Gasteiger partial charge in [-0.15, -0.1) is 0 Å². The van der Waals surface area contributed by atoms with Gasteiger partial charge in [0.05, 0.1) is 6.04 Å². The Hall–Kier alpha value is -2.08. The Labute approximate surface area is 146 Å². The standard InChI is InChI=1S/C17H21ClN4O2/c1-11-13(18)6-5-8-15(11)24-10-16(23)22-9-4-3-7-14(22)17-19-12(2)20-21-17/h5-6,8,14H,3-4,7,9-10H2,1-2H3,(H,19,20,21)/t14-/m1/s1. The smallest absolute Gasteiger partial charge is 0.261 e. The fourth-order valence-electron chi connectivity index (χ4n) is 2.97. The van der Waals surface area contributed by atoms with E-state index in [2.05, 4.69) is 15.2 Å². The summed E-state index contributed by atoms with van der Waals surface area (Å²) >= 11 is 6.09. The van der Waals surface area contributed by atoms with Crippen LogP contribution in [0.2, 0.25) is 5.02 Å². The number of rotatable bonds is 4. The predicted octanol–water partition coefficient (Wildman–Crippen LogP) is 3.21. The summed E-state index contributed by atoms with van der Waals surface area (Å²) in [5, 5.41) is 7.71. The summed E-state index contributed by atoms with van der Waals surface area (Å²) in [6.45, 7) is 4.43. The molecule has 1 aromatic carbocycles. The molecule has 0 aliphatic carbocycles. The van der Waals surface area contributed by atoms with E-state index < -0.39 is 0 Å². The van der Waals surface area contributed by atoms with Gasteiger partial charge in [-0.05, 0) is 45.2 Å². The van der Waals surface area contributed by atoms with E-state index in [9.17, 15) is 4.79 Å². The number of nitrogens with one attached hydrogen (secondary N) is 1. The minimum absolute atomic E-state index is 0.0128. The summed E-state index contributed by atoms with van der Waals surface area (Å²) in [5.74, 6) is 2.02. The second kappa shape index (κ2) is 7.21. The van der Waals surface area contributed by atoms with E-state index >= 15 is 0 Å². The van der Waals surface area contributed by atoms with E-state index in [4.69, 9.17) is 16.3 Å². The normalized spacial score (nSPS) is 17.8. The lowest BCUT2D eigenvalue weighted by Gasteiger charge is -2.34. The first kappa shape index (κ1) is 16.8. The van der Waals surface area contributed by atoms with E-state index in [1.165, 1.54) is 0 Å². The topological polar surface area (TPSA) is 71.1 Å². The summed E-state index contributed by atoms with van der Waals surface area (Å²) in [4.78, 5) is 18.9. The molecule has 1 aromatic heterocycles. The molecular weight excluding hydrogens is 328 g/mol. The van der Waals surface area contributed by atoms with Gasteiger partial charge >= 0.3 is 0 Å². The number of hydrogen-bond donors (Lipinski definition) is 1. The van der Waals surface area contributed by atoms with Crippen LogP contribution >= 0.6 is 11.6 Å². The molecule has 0 radical (unpaired) electrons. The maximum absolute atomic E-state index is 12.7. The number of ether oxygens (including phenoxy) is 1. The van der Waals surface area contributed by atoms with Crippen LogP contribution in [0.4, 0.5) is 0 Å². The summed E-state index contributed by atoms with van der Waals surface area (Å²) < 4.78 is 5.70. The Morgan fingerprint density at radius 1 is 1.42 bits per heavy atom. The molecule has 1 amide bonds. The Balaban J connectivity index is 1.69. The van der Waals surface area contributed by atoms with Crippen LogP contribution in [0.1, 0.15) is 42.5 Å². The Morgan fingerprint density at radius 3 is 3.00 bits per heavy atom. The molecular formula is C17H21ClN4O2. The first-order chi connectivity index (χ1) is 11.6. The monoisotopic (exact) mass is 348 g/mol. The number of carbonyl (C=O) groups excluding carboxylic acids is 1. The van der Waals surface area contributed by atoms with E-state index in [0.717, 1.165) is 30.7 Å². The first-order valence-corrected chi connectivity index (χ1v) is 8.50. The Bertz CT molecular complexity index is 731. The van der Waals surface area contributed by atoms with Gasteiger partial charge < -0.3 is 9.64 Å². The van der Waals surface area contributed by atoms with Crippen molar-refractivity contribution in [3.8, 4) is 5.75 Å². The number of aryl methyl sites for hydroxylation is 1. The lowest BCUT2D eigenvalue weighted by molar-refractivity contribution is -0.137. The number of benzene rings is 1. The predicted molar refractivity (Wildman–Crippen MR) is 91.1 cm³/mol. The SMILES string of the molecule is Cc1nc([C@H]2CCCCN2C(=O)COc2cccc(Cl)c2C)n[nH]1. The van der Waals surface area contributed by atoms with Crippen molar-refractivity contribution in [1.29, 1.82) is 0 Å². The molecule has 24 heavy (non-hydrogen) atoms. The van der Waals surface area contributed by atoms with Gasteiger partial charge in [0.1, 0.15) is 11.6 Å². The maximum atomic E-state index is 12.7. The number of H-pyrrole nitrogens is 1. The highest BCUT2D eigenvalue weighted by molar-refractivity contribution is 6.31. The Morgan fingerprint density at radius 2 is 2.25 bits per heavy atom. The van der Waals surface area contributed by atoms with Crippen molar-refractivity contribution in [2.24, 2.45) is 0 Å². The van der Waals surface area contributed by atoms with Crippen LogP contribution in [0.5, 0.6) is 5.75 Å². The third-order valence-electron chi connectivity index (χ3n) is 4.30. The molecule has 0 bridgehead atoms. The van der Waals surface area contributed by atoms with Gasteiger partial charge in [-0.2, -0.15) is 5.10 Å². The van der Waals surface area contributed by atoms with Crippen molar-refractivity contribution in [1.82, 2.24) is 20.1 Å². The van der Waals surface area contributed by atoms with E-state index in [1.54, 1.807) is 6.07 Å². The number of carbonyl (C=O) groups is 1. The van der Waals surface area contributed by atoms with Crippen molar-refractivity contribution < 1.29 is 9.53 Å². The van der Waals surface area contributed by atoms with Crippen LogP contribution in [-0.2, 0) is 4.79 Å². The van der Waals surface area contributed by atoms with Crippen LogP contribution < -0.4 is 4.74 Å². The minimum Gasteiger partial charge on any atom is -0.483 e. The quantitative estimate of drug-likeness (QED) is 0.921. The molecule has 1 aliphatic rings. The number of amides is 1. The molecule has 1 N–H and O–H groups in total. The van der Waals surface area contributed by atoms with E-state index in [-0.39, 0.29) is 18.6 Å². The number of halogens is 1. The zero-order valence-corrected chi connectivity index (χ0v) is 14.6. The van der Waals surface area contributed by atoms with Gasteiger partial charge in [-0.1, -0.05) is 17.7 Å². The largest absolute Gasteiger partial charge is 0.483 e. The summed E-state index contributed by atoms with van der Waals surface area (Å²) in [7, 11) is 0. The molecule has 3 rings (SSSR count). The Kier molecular flexibility index (Phi) is 5.04. The van der Waals surface area contributed by atoms with Crippen molar-refractivity contribution >= 4 is 17.5 Å². The third kappa shape index (κ3) is 3.53. The lowest BCUT2D eigenvalue weighted by atomic mass is 10.0. The number of aromatic nitrogens is 3. The first-order valence-electron chi connectivity index (χ1n) is 8.12. The molecule has 0 unspecified atom stereocenters. The average molecular weight is 349 g/mol.